The van der Waals surface area contributed by atoms with Crippen molar-refractivity contribution in [1.82, 2.24) is 4.90 Å². The van der Waals surface area contributed by atoms with Crippen molar-refractivity contribution in [3.63, 3.8) is 0 Å². The molecule has 2 heterocycles. The molecule has 0 saturated heterocycles. The van der Waals surface area contributed by atoms with Gasteiger partial charge in [-0.15, -0.1) is 0 Å². The van der Waals surface area contributed by atoms with E-state index in [9.17, 15) is 14.4 Å². The zero-order valence-corrected chi connectivity index (χ0v) is 21.8. The number of hydrogen-bond donors (Lipinski definition) is 2. The van der Waals surface area contributed by atoms with Gasteiger partial charge >= 0.3 is 5.97 Å². The number of nitrogens with zero attached hydrogens (tertiary/aromatic N) is 1. The molecule has 1 atom stereocenters. The highest BCUT2D eigenvalue weighted by atomic mass is 19.1. The van der Waals surface area contributed by atoms with Gasteiger partial charge in [0.1, 0.15) is 17.6 Å². The molecule has 2 aromatic rings. The quantitative estimate of drug-likeness (QED) is 0.603. The number of amides is 2. The average molecular weight is 521 g/mol. The molecule has 0 aromatic heterocycles. The van der Waals surface area contributed by atoms with E-state index in [0.29, 0.717) is 43.7 Å². The monoisotopic (exact) mass is 520 g/mol. The van der Waals surface area contributed by atoms with E-state index in [1.54, 1.807) is 4.90 Å². The lowest BCUT2D eigenvalue weighted by atomic mass is 9.72. The van der Waals surface area contributed by atoms with Crippen LogP contribution in [-0.4, -0.2) is 40.9 Å². The Morgan fingerprint density at radius 3 is 2.68 bits per heavy atom. The van der Waals surface area contributed by atoms with E-state index >= 15 is 4.39 Å². The summed E-state index contributed by atoms with van der Waals surface area (Å²) in [5.74, 6) is -1.16. The van der Waals surface area contributed by atoms with Gasteiger partial charge in [-0.1, -0.05) is 26.0 Å². The third-order valence-corrected chi connectivity index (χ3v) is 8.92. The first kappa shape index (κ1) is 24.9. The summed E-state index contributed by atoms with van der Waals surface area (Å²) in [6, 6.07) is 6.26. The Balaban J connectivity index is 1.30. The fourth-order valence-electron chi connectivity index (χ4n) is 6.95. The zero-order chi connectivity index (χ0) is 26.8. The second kappa shape index (κ2) is 9.10. The Morgan fingerprint density at radius 1 is 1.13 bits per heavy atom. The van der Waals surface area contributed by atoms with Crippen LogP contribution < -0.4 is 10.1 Å². The number of fused-ring (bicyclic) bond motifs is 4. The summed E-state index contributed by atoms with van der Waals surface area (Å²) in [6.45, 7) is 5.04. The topological polar surface area (TPSA) is 95.9 Å². The molecule has 7 nitrogen and oxygen atoms in total. The highest BCUT2D eigenvalue weighted by Gasteiger charge is 2.44. The molecule has 6 rings (SSSR count). The number of carboxylic acids is 1. The summed E-state index contributed by atoms with van der Waals surface area (Å²) in [7, 11) is 0. The molecular formula is C30H33FN2O5. The van der Waals surface area contributed by atoms with Crippen molar-refractivity contribution in [3.8, 4) is 5.75 Å². The maximum absolute atomic E-state index is 15.1. The van der Waals surface area contributed by atoms with Crippen molar-refractivity contribution >= 4 is 23.5 Å². The molecule has 2 N–H and O–H groups in total. The van der Waals surface area contributed by atoms with Gasteiger partial charge in [0.25, 0.3) is 5.91 Å². The summed E-state index contributed by atoms with van der Waals surface area (Å²) in [5.41, 5.74) is 4.59. The van der Waals surface area contributed by atoms with Crippen molar-refractivity contribution in [2.24, 2.45) is 11.8 Å². The number of ether oxygens (including phenoxy) is 1. The maximum Gasteiger partial charge on any atom is 0.303 e. The van der Waals surface area contributed by atoms with Gasteiger partial charge in [-0.05, 0) is 77.8 Å². The first-order chi connectivity index (χ1) is 18.1. The van der Waals surface area contributed by atoms with Crippen LogP contribution in [0.5, 0.6) is 5.75 Å². The van der Waals surface area contributed by atoms with Crippen LogP contribution >= 0.6 is 0 Å². The highest BCUT2D eigenvalue weighted by Crippen LogP contribution is 2.44. The lowest BCUT2D eigenvalue weighted by Crippen LogP contribution is -2.50. The second-order valence-electron chi connectivity index (χ2n) is 11.9. The fraction of sp³-hybridized carbons (Fsp3) is 0.500. The SMILES string of the molecule is CC1(C)CCc2cc(NC(=O)[C@H]3c4ccc5c(c4CCN3C(=O)C3CC(CC(=O)O)C3)OCC5)cc(F)c21. The predicted molar refractivity (Wildman–Crippen MR) is 139 cm³/mol. The van der Waals surface area contributed by atoms with Gasteiger partial charge in [-0.3, -0.25) is 14.4 Å². The van der Waals surface area contributed by atoms with Crippen LogP contribution in [0.2, 0.25) is 0 Å². The van der Waals surface area contributed by atoms with Crippen LogP contribution in [0.25, 0.3) is 0 Å². The number of carbonyl (C=O) groups excluding carboxylic acids is 2. The number of anilines is 1. The van der Waals surface area contributed by atoms with Gasteiger partial charge < -0.3 is 20.1 Å². The van der Waals surface area contributed by atoms with E-state index in [2.05, 4.69) is 5.32 Å². The third-order valence-electron chi connectivity index (χ3n) is 8.92. The number of aliphatic carboxylic acids is 1. The number of carboxylic acid groups (broad SMARTS) is 1. The van der Waals surface area contributed by atoms with Crippen LogP contribution in [0.15, 0.2) is 24.3 Å². The van der Waals surface area contributed by atoms with Gasteiger partial charge in [0.2, 0.25) is 5.91 Å². The average Bonchev–Trinajstić information content (AvgIpc) is 3.44. The summed E-state index contributed by atoms with van der Waals surface area (Å²) >= 11 is 0. The summed E-state index contributed by atoms with van der Waals surface area (Å²) in [5, 5.41) is 12.0. The number of carbonyl (C=O) groups is 3. The minimum absolute atomic E-state index is 0.0129. The number of benzene rings is 2. The molecule has 2 aromatic carbocycles. The molecule has 2 aliphatic heterocycles. The molecule has 0 radical (unpaired) electrons. The van der Waals surface area contributed by atoms with E-state index < -0.39 is 12.0 Å². The van der Waals surface area contributed by atoms with Crippen molar-refractivity contribution in [3.05, 3.63) is 57.9 Å². The number of aryl methyl sites for hydroxylation is 1. The zero-order valence-electron chi connectivity index (χ0n) is 21.8. The number of hydrogen-bond acceptors (Lipinski definition) is 4. The van der Waals surface area contributed by atoms with Crippen LogP contribution in [0.1, 0.15) is 73.4 Å². The van der Waals surface area contributed by atoms with Crippen LogP contribution in [0, 0.1) is 17.7 Å². The minimum atomic E-state index is -0.868. The Labute approximate surface area is 221 Å². The Bertz CT molecular complexity index is 1350. The summed E-state index contributed by atoms with van der Waals surface area (Å²) < 4.78 is 21.1. The largest absolute Gasteiger partial charge is 0.493 e. The molecular weight excluding hydrogens is 487 g/mol. The molecule has 1 fully saturated rings. The lowest BCUT2D eigenvalue weighted by Gasteiger charge is -2.42. The summed E-state index contributed by atoms with van der Waals surface area (Å²) in [4.78, 5) is 40.2. The molecule has 0 unspecified atom stereocenters. The lowest BCUT2D eigenvalue weighted by molar-refractivity contribution is -0.149. The molecule has 8 heteroatoms. The highest BCUT2D eigenvalue weighted by molar-refractivity contribution is 5.99. The van der Waals surface area contributed by atoms with Crippen molar-refractivity contribution < 1.29 is 28.6 Å². The number of nitrogens with one attached hydrogen (secondary N) is 1. The standard InChI is InChI=1S/C30H33FN2O5/c1-30(2)8-5-18-14-20(15-23(31)25(18)30)32-28(36)26-21-4-3-17-7-10-38-27(17)22(21)6-9-33(26)29(37)19-11-16(12-19)13-24(34)35/h3-4,14-16,19,26H,5-13H2,1-2H3,(H,32,36)(H,34,35)/t16?,19?,26-/m1/s1. The molecule has 0 bridgehead atoms. The normalized spacial score (nSPS) is 24.5. The first-order valence-corrected chi connectivity index (χ1v) is 13.6. The molecule has 2 aliphatic carbocycles. The van der Waals surface area contributed by atoms with Gasteiger partial charge in [-0.25, -0.2) is 4.39 Å². The predicted octanol–water partition coefficient (Wildman–Crippen LogP) is 4.55. The number of halogens is 1. The first-order valence-electron chi connectivity index (χ1n) is 13.6. The van der Waals surface area contributed by atoms with E-state index in [1.165, 1.54) is 6.07 Å². The van der Waals surface area contributed by atoms with Crippen LogP contribution in [0.3, 0.4) is 0 Å². The Hall–Kier alpha value is -3.42. The Morgan fingerprint density at radius 2 is 1.92 bits per heavy atom. The fourth-order valence-corrected chi connectivity index (χ4v) is 6.95. The van der Waals surface area contributed by atoms with Gasteiger partial charge in [-0.2, -0.15) is 0 Å². The molecule has 0 spiro atoms. The van der Waals surface area contributed by atoms with Gasteiger partial charge in [0, 0.05) is 36.6 Å². The number of rotatable bonds is 5. The van der Waals surface area contributed by atoms with E-state index in [0.717, 1.165) is 47.3 Å². The van der Waals surface area contributed by atoms with Gasteiger partial charge in [0.15, 0.2) is 0 Å². The second-order valence-corrected chi connectivity index (χ2v) is 11.9. The van der Waals surface area contributed by atoms with Crippen LogP contribution in [-0.2, 0) is 39.1 Å². The van der Waals surface area contributed by atoms with Crippen LogP contribution in [0.4, 0.5) is 10.1 Å². The Kier molecular flexibility index (Phi) is 5.96. The summed E-state index contributed by atoms with van der Waals surface area (Å²) in [6.07, 6.45) is 4.10. The maximum atomic E-state index is 15.1. The van der Waals surface area contributed by atoms with E-state index in [1.807, 2.05) is 32.0 Å². The smallest absolute Gasteiger partial charge is 0.303 e. The van der Waals surface area contributed by atoms with E-state index in [4.69, 9.17) is 9.84 Å². The molecule has 4 aliphatic rings. The minimum Gasteiger partial charge on any atom is -0.493 e. The van der Waals surface area contributed by atoms with Crippen molar-refractivity contribution in [2.75, 3.05) is 18.5 Å². The van der Waals surface area contributed by atoms with Gasteiger partial charge in [0.05, 0.1) is 6.61 Å². The van der Waals surface area contributed by atoms with Crippen molar-refractivity contribution in [1.29, 1.82) is 0 Å². The molecule has 2 amide bonds. The van der Waals surface area contributed by atoms with E-state index in [-0.39, 0.29) is 41.3 Å². The molecule has 1 saturated carbocycles. The molecule has 200 valence electrons. The van der Waals surface area contributed by atoms with Crippen molar-refractivity contribution in [2.45, 2.75) is 70.3 Å². The third kappa shape index (κ3) is 4.14. The molecule has 38 heavy (non-hydrogen) atoms.